The number of nitrogens with zero attached hydrogens (tertiary/aromatic N) is 2. The van der Waals surface area contributed by atoms with Gasteiger partial charge in [0.1, 0.15) is 0 Å². The molecule has 1 aliphatic rings. The zero-order valence-electron chi connectivity index (χ0n) is 8.95. The van der Waals surface area contributed by atoms with Gasteiger partial charge in [0.05, 0.1) is 11.9 Å². The standard InChI is InChI=1S/C12H17BrN2/c13-11-8-12(10-14-9-11)15-6-4-2-1-3-5-7-15/h8-10H,1-7H2. The van der Waals surface area contributed by atoms with Crippen molar-refractivity contribution in [2.45, 2.75) is 32.1 Å². The minimum absolute atomic E-state index is 1.07. The molecule has 82 valence electrons. The molecule has 0 aliphatic carbocycles. The molecule has 0 atom stereocenters. The lowest BCUT2D eigenvalue weighted by molar-refractivity contribution is 0.556. The van der Waals surface area contributed by atoms with Crippen LogP contribution < -0.4 is 4.90 Å². The Kier molecular flexibility index (Phi) is 4.01. The summed E-state index contributed by atoms with van der Waals surface area (Å²) in [5.74, 6) is 0. The summed E-state index contributed by atoms with van der Waals surface area (Å²) in [5, 5.41) is 0. The Bertz CT molecular complexity index is 306. The molecule has 3 heteroatoms. The Balaban J connectivity index is 2.06. The number of hydrogen-bond donors (Lipinski definition) is 0. The molecule has 2 heterocycles. The van der Waals surface area contributed by atoms with Crippen molar-refractivity contribution < 1.29 is 0 Å². The van der Waals surface area contributed by atoms with Gasteiger partial charge in [0.15, 0.2) is 0 Å². The molecule has 0 radical (unpaired) electrons. The molecule has 0 bridgehead atoms. The van der Waals surface area contributed by atoms with Gasteiger partial charge in [-0.2, -0.15) is 0 Å². The average Bonchev–Trinajstić information content (AvgIpc) is 2.16. The third kappa shape index (κ3) is 3.20. The van der Waals surface area contributed by atoms with Crippen molar-refractivity contribution in [3.63, 3.8) is 0 Å². The van der Waals surface area contributed by atoms with E-state index in [2.05, 4.69) is 31.9 Å². The molecule has 0 saturated carbocycles. The molecule has 1 saturated heterocycles. The maximum Gasteiger partial charge on any atom is 0.0564 e. The summed E-state index contributed by atoms with van der Waals surface area (Å²) in [6, 6.07) is 2.16. The highest BCUT2D eigenvalue weighted by Gasteiger charge is 2.09. The van der Waals surface area contributed by atoms with E-state index in [0.717, 1.165) is 4.47 Å². The number of aromatic nitrogens is 1. The van der Waals surface area contributed by atoms with Crippen LogP contribution in [0.5, 0.6) is 0 Å². The van der Waals surface area contributed by atoms with Crippen molar-refractivity contribution in [2.75, 3.05) is 18.0 Å². The van der Waals surface area contributed by atoms with Gasteiger partial charge in [-0.15, -0.1) is 0 Å². The third-order valence-electron chi connectivity index (χ3n) is 2.91. The van der Waals surface area contributed by atoms with Crippen molar-refractivity contribution >= 4 is 21.6 Å². The molecule has 0 N–H and O–H groups in total. The fourth-order valence-corrected chi connectivity index (χ4v) is 2.43. The Hall–Kier alpha value is -0.570. The summed E-state index contributed by atoms with van der Waals surface area (Å²) < 4.78 is 1.07. The predicted octanol–water partition coefficient (Wildman–Crippen LogP) is 3.61. The zero-order valence-corrected chi connectivity index (χ0v) is 10.5. The Labute approximate surface area is 99.8 Å². The zero-order chi connectivity index (χ0) is 10.5. The van der Waals surface area contributed by atoms with Crippen LogP contribution in [0, 0.1) is 0 Å². The second kappa shape index (κ2) is 5.50. The van der Waals surface area contributed by atoms with Crippen LogP contribution in [0.3, 0.4) is 0 Å². The van der Waals surface area contributed by atoms with Crippen LogP contribution in [0.15, 0.2) is 22.9 Å². The first-order chi connectivity index (χ1) is 7.36. The molecular formula is C12H17BrN2. The summed E-state index contributed by atoms with van der Waals surface area (Å²) >= 11 is 3.47. The van der Waals surface area contributed by atoms with Gasteiger partial charge in [0.25, 0.3) is 0 Å². The van der Waals surface area contributed by atoms with Gasteiger partial charge in [0, 0.05) is 23.8 Å². The quantitative estimate of drug-likeness (QED) is 0.774. The highest BCUT2D eigenvalue weighted by molar-refractivity contribution is 9.10. The van der Waals surface area contributed by atoms with Crippen LogP contribution in [0.2, 0.25) is 0 Å². The van der Waals surface area contributed by atoms with Gasteiger partial charge in [-0.1, -0.05) is 19.3 Å². The van der Waals surface area contributed by atoms with E-state index in [1.807, 2.05) is 12.4 Å². The number of hydrogen-bond acceptors (Lipinski definition) is 2. The van der Waals surface area contributed by atoms with Gasteiger partial charge < -0.3 is 4.90 Å². The van der Waals surface area contributed by atoms with Gasteiger partial charge in [0.2, 0.25) is 0 Å². The fourth-order valence-electron chi connectivity index (χ4n) is 2.08. The number of rotatable bonds is 1. The third-order valence-corrected chi connectivity index (χ3v) is 3.35. The molecule has 1 aliphatic heterocycles. The van der Waals surface area contributed by atoms with Crippen LogP contribution in [0.25, 0.3) is 0 Å². The molecule has 1 aromatic heterocycles. The molecule has 0 unspecified atom stereocenters. The van der Waals surface area contributed by atoms with Crippen molar-refractivity contribution in [1.29, 1.82) is 0 Å². The Morgan fingerprint density at radius 3 is 2.33 bits per heavy atom. The van der Waals surface area contributed by atoms with Gasteiger partial charge in [-0.05, 0) is 34.8 Å². The molecular weight excluding hydrogens is 252 g/mol. The maximum absolute atomic E-state index is 4.22. The minimum Gasteiger partial charge on any atom is -0.370 e. The summed E-state index contributed by atoms with van der Waals surface area (Å²) in [6.07, 6.45) is 10.6. The van der Waals surface area contributed by atoms with Crippen LogP contribution in [-0.4, -0.2) is 18.1 Å². The first kappa shape index (κ1) is 10.9. The smallest absolute Gasteiger partial charge is 0.0564 e. The molecule has 0 amide bonds. The summed E-state index contributed by atoms with van der Waals surface area (Å²) in [5.41, 5.74) is 1.26. The number of halogens is 1. The monoisotopic (exact) mass is 268 g/mol. The minimum atomic E-state index is 1.07. The molecule has 2 nitrogen and oxygen atoms in total. The van der Waals surface area contributed by atoms with E-state index in [1.54, 1.807) is 0 Å². The SMILES string of the molecule is Brc1cncc(N2CCCCCCC2)c1. The van der Waals surface area contributed by atoms with E-state index < -0.39 is 0 Å². The van der Waals surface area contributed by atoms with Crippen molar-refractivity contribution in [3.8, 4) is 0 Å². The Morgan fingerprint density at radius 1 is 1.00 bits per heavy atom. The fraction of sp³-hybridized carbons (Fsp3) is 0.583. The summed E-state index contributed by atoms with van der Waals surface area (Å²) in [4.78, 5) is 6.68. The maximum atomic E-state index is 4.22. The van der Waals surface area contributed by atoms with Crippen LogP contribution in [-0.2, 0) is 0 Å². The van der Waals surface area contributed by atoms with E-state index in [9.17, 15) is 0 Å². The molecule has 1 fully saturated rings. The lowest BCUT2D eigenvalue weighted by atomic mass is 10.1. The average molecular weight is 269 g/mol. The highest BCUT2D eigenvalue weighted by atomic mass is 79.9. The van der Waals surface area contributed by atoms with Crippen LogP contribution in [0.1, 0.15) is 32.1 Å². The van der Waals surface area contributed by atoms with Crippen molar-refractivity contribution in [3.05, 3.63) is 22.9 Å². The number of anilines is 1. The predicted molar refractivity (Wildman–Crippen MR) is 67.2 cm³/mol. The Morgan fingerprint density at radius 2 is 1.67 bits per heavy atom. The molecule has 15 heavy (non-hydrogen) atoms. The van der Waals surface area contributed by atoms with Gasteiger partial charge >= 0.3 is 0 Å². The van der Waals surface area contributed by atoms with E-state index >= 15 is 0 Å². The lowest BCUT2D eigenvalue weighted by Crippen LogP contribution is -2.26. The first-order valence-corrected chi connectivity index (χ1v) is 6.51. The van der Waals surface area contributed by atoms with Crippen LogP contribution in [0.4, 0.5) is 5.69 Å². The molecule has 1 aromatic rings. The summed E-state index contributed by atoms with van der Waals surface area (Å²) in [7, 11) is 0. The van der Waals surface area contributed by atoms with Crippen molar-refractivity contribution in [1.82, 2.24) is 4.98 Å². The van der Waals surface area contributed by atoms with E-state index in [4.69, 9.17) is 0 Å². The molecule has 2 rings (SSSR count). The van der Waals surface area contributed by atoms with E-state index in [0.29, 0.717) is 0 Å². The topological polar surface area (TPSA) is 16.1 Å². The van der Waals surface area contributed by atoms with Gasteiger partial charge in [-0.3, -0.25) is 4.98 Å². The molecule has 0 spiro atoms. The largest absolute Gasteiger partial charge is 0.370 e. The van der Waals surface area contributed by atoms with Crippen molar-refractivity contribution in [2.24, 2.45) is 0 Å². The second-order valence-electron chi connectivity index (χ2n) is 4.12. The van der Waals surface area contributed by atoms with E-state index in [-0.39, 0.29) is 0 Å². The van der Waals surface area contributed by atoms with Crippen LogP contribution >= 0.6 is 15.9 Å². The van der Waals surface area contributed by atoms with E-state index in [1.165, 1.54) is 50.9 Å². The first-order valence-electron chi connectivity index (χ1n) is 5.72. The summed E-state index contributed by atoms with van der Waals surface area (Å²) in [6.45, 7) is 2.36. The lowest BCUT2D eigenvalue weighted by Gasteiger charge is -2.26. The number of pyridine rings is 1. The normalized spacial score (nSPS) is 18.3. The second-order valence-corrected chi connectivity index (χ2v) is 5.03. The van der Waals surface area contributed by atoms with Gasteiger partial charge in [-0.25, -0.2) is 0 Å². The molecule has 0 aromatic carbocycles. The highest BCUT2D eigenvalue weighted by Crippen LogP contribution is 2.21.